The lowest BCUT2D eigenvalue weighted by molar-refractivity contribution is 0.221. The Morgan fingerprint density at radius 3 is 2.38 bits per heavy atom. The van der Waals surface area contributed by atoms with Crippen molar-refractivity contribution in [2.75, 3.05) is 13.7 Å². The smallest absolute Gasteiger partial charge is 0.123 e. The summed E-state index contributed by atoms with van der Waals surface area (Å²) in [4.78, 5) is 2.44. The molecule has 0 aromatic heterocycles. The Morgan fingerprint density at radius 2 is 1.90 bits per heavy atom. The van der Waals surface area contributed by atoms with Gasteiger partial charge in [0.25, 0.3) is 0 Å². The van der Waals surface area contributed by atoms with E-state index in [4.69, 9.17) is 4.74 Å². The maximum absolute atomic E-state index is 5.52. The summed E-state index contributed by atoms with van der Waals surface area (Å²) in [5, 5.41) is 3.54. The number of methoxy groups -OCH3 is 1. The van der Waals surface area contributed by atoms with Gasteiger partial charge in [-0.1, -0.05) is 13.0 Å². The van der Waals surface area contributed by atoms with Gasteiger partial charge in [-0.2, -0.15) is 0 Å². The van der Waals surface area contributed by atoms with Crippen molar-refractivity contribution in [3.63, 3.8) is 0 Å². The minimum atomic E-state index is 0.132. The van der Waals surface area contributed by atoms with E-state index in [2.05, 4.69) is 70.0 Å². The van der Waals surface area contributed by atoms with E-state index in [0.29, 0.717) is 6.04 Å². The van der Waals surface area contributed by atoms with Crippen LogP contribution in [0.1, 0.15) is 52.7 Å². The quantitative estimate of drug-likeness (QED) is 0.827. The van der Waals surface area contributed by atoms with Crippen molar-refractivity contribution in [2.24, 2.45) is 0 Å². The first kappa shape index (κ1) is 18.0. The van der Waals surface area contributed by atoms with Gasteiger partial charge in [0, 0.05) is 30.2 Å². The third-order valence-electron chi connectivity index (χ3n) is 3.68. The van der Waals surface area contributed by atoms with Crippen molar-refractivity contribution in [3.05, 3.63) is 29.3 Å². The zero-order valence-electron chi connectivity index (χ0n) is 14.8. The van der Waals surface area contributed by atoms with Gasteiger partial charge in [-0.05, 0) is 58.9 Å². The normalized spacial score (nSPS) is 12.2. The highest BCUT2D eigenvalue weighted by Crippen LogP contribution is 2.22. The van der Waals surface area contributed by atoms with Crippen LogP contribution < -0.4 is 10.1 Å². The van der Waals surface area contributed by atoms with Crippen LogP contribution >= 0.6 is 0 Å². The lowest BCUT2D eigenvalue weighted by atomic mass is 10.1. The van der Waals surface area contributed by atoms with Crippen LogP contribution in [0.2, 0.25) is 0 Å². The molecule has 0 saturated heterocycles. The minimum absolute atomic E-state index is 0.132. The Hall–Kier alpha value is -1.06. The monoisotopic (exact) mass is 292 g/mol. The van der Waals surface area contributed by atoms with Crippen molar-refractivity contribution in [1.29, 1.82) is 0 Å². The molecule has 0 aliphatic carbocycles. The molecule has 3 heteroatoms. The summed E-state index contributed by atoms with van der Waals surface area (Å²) in [5.41, 5.74) is 2.70. The third kappa shape index (κ3) is 6.06. The molecule has 21 heavy (non-hydrogen) atoms. The topological polar surface area (TPSA) is 24.5 Å². The van der Waals surface area contributed by atoms with E-state index < -0.39 is 0 Å². The fourth-order valence-electron chi connectivity index (χ4n) is 2.31. The number of hydrogen-bond acceptors (Lipinski definition) is 3. The van der Waals surface area contributed by atoms with Gasteiger partial charge in [0.05, 0.1) is 7.11 Å². The minimum Gasteiger partial charge on any atom is -0.496 e. The average Bonchev–Trinajstić information content (AvgIpc) is 2.41. The Labute approximate surface area is 130 Å². The molecule has 0 unspecified atom stereocenters. The van der Waals surface area contributed by atoms with Crippen molar-refractivity contribution < 1.29 is 4.74 Å². The van der Waals surface area contributed by atoms with Crippen LogP contribution in [-0.4, -0.2) is 30.1 Å². The van der Waals surface area contributed by atoms with Crippen LogP contribution in [-0.2, 0) is 13.1 Å². The Bertz CT molecular complexity index is 435. The molecule has 0 atom stereocenters. The Balaban J connectivity index is 2.89. The van der Waals surface area contributed by atoms with Gasteiger partial charge in [-0.15, -0.1) is 0 Å². The highest BCUT2D eigenvalue weighted by molar-refractivity contribution is 5.37. The van der Waals surface area contributed by atoms with Gasteiger partial charge in [-0.3, -0.25) is 4.90 Å². The summed E-state index contributed by atoms with van der Waals surface area (Å²) in [7, 11) is 1.75. The molecule has 0 aliphatic heterocycles. The summed E-state index contributed by atoms with van der Waals surface area (Å²) >= 11 is 0. The largest absolute Gasteiger partial charge is 0.496 e. The second kappa shape index (κ2) is 7.81. The predicted molar refractivity (Wildman–Crippen MR) is 90.8 cm³/mol. The second-order valence-electron chi connectivity index (χ2n) is 6.91. The number of hydrogen-bond donors (Lipinski definition) is 1. The average molecular weight is 292 g/mol. The molecule has 0 amide bonds. The van der Waals surface area contributed by atoms with E-state index in [1.165, 1.54) is 11.1 Å². The van der Waals surface area contributed by atoms with E-state index in [0.717, 1.165) is 25.4 Å². The molecule has 120 valence electrons. The van der Waals surface area contributed by atoms with Gasteiger partial charge in [0.15, 0.2) is 0 Å². The van der Waals surface area contributed by atoms with Crippen LogP contribution in [0.3, 0.4) is 0 Å². The molecule has 1 rings (SSSR count). The van der Waals surface area contributed by atoms with Crippen LogP contribution in [0.25, 0.3) is 0 Å². The molecule has 0 spiro atoms. The molecule has 1 aromatic rings. The van der Waals surface area contributed by atoms with E-state index in [9.17, 15) is 0 Å². The summed E-state index contributed by atoms with van der Waals surface area (Å²) in [5.74, 6) is 0.980. The Morgan fingerprint density at radius 1 is 1.24 bits per heavy atom. The van der Waals surface area contributed by atoms with Gasteiger partial charge in [-0.25, -0.2) is 0 Å². The summed E-state index contributed by atoms with van der Waals surface area (Å²) in [6.07, 6.45) is 0. The molecule has 0 saturated carbocycles. The van der Waals surface area contributed by atoms with Crippen molar-refractivity contribution in [1.82, 2.24) is 10.2 Å². The summed E-state index contributed by atoms with van der Waals surface area (Å²) in [6, 6.07) is 7.04. The third-order valence-corrected chi connectivity index (χ3v) is 3.68. The Kier molecular flexibility index (Phi) is 6.69. The van der Waals surface area contributed by atoms with Gasteiger partial charge in [0.1, 0.15) is 5.75 Å². The SMILES string of the molecule is CCN(Cc1cc(CNC(C)(C)C)ccc1OC)C(C)C. The van der Waals surface area contributed by atoms with Crippen LogP contribution in [0.4, 0.5) is 0 Å². The molecule has 0 bridgehead atoms. The fraction of sp³-hybridized carbons (Fsp3) is 0.667. The van der Waals surface area contributed by atoms with E-state index >= 15 is 0 Å². The molecule has 0 heterocycles. The number of nitrogens with one attached hydrogen (secondary N) is 1. The maximum Gasteiger partial charge on any atom is 0.123 e. The van der Waals surface area contributed by atoms with Gasteiger partial charge in [0.2, 0.25) is 0 Å². The van der Waals surface area contributed by atoms with E-state index in [-0.39, 0.29) is 5.54 Å². The number of nitrogens with zero attached hydrogens (tertiary/aromatic N) is 1. The lowest BCUT2D eigenvalue weighted by Crippen LogP contribution is -2.35. The molecular weight excluding hydrogens is 260 g/mol. The highest BCUT2D eigenvalue weighted by atomic mass is 16.5. The van der Waals surface area contributed by atoms with Crippen LogP contribution in [0.5, 0.6) is 5.75 Å². The molecule has 0 fully saturated rings. The maximum atomic E-state index is 5.52. The van der Waals surface area contributed by atoms with E-state index in [1.807, 2.05) is 0 Å². The second-order valence-corrected chi connectivity index (χ2v) is 6.91. The molecule has 0 aliphatic rings. The lowest BCUT2D eigenvalue weighted by Gasteiger charge is -2.26. The molecule has 1 aromatic carbocycles. The number of rotatable bonds is 7. The van der Waals surface area contributed by atoms with Crippen molar-refractivity contribution in [3.8, 4) is 5.75 Å². The van der Waals surface area contributed by atoms with E-state index in [1.54, 1.807) is 7.11 Å². The number of benzene rings is 1. The fourth-order valence-corrected chi connectivity index (χ4v) is 2.31. The van der Waals surface area contributed by atoms with Crippen molar-refractivity contribution >= 4 is 0 Å². The molecule has 0 radical (unpaired) electrons. The highest BCUT2D eigenvalue weighted by Gasteiger charge is 2.13. The number of ether oxygens (including phenoxy) is 1. The standard InChI is InChI=1S/C18H32N2O/c1-8-20(14(2)3)13-16-11-15(9-10-17(16)21-7)12-19-18(4,5)6/h9-11,14,19H,8,12-13H2,1-7H3. The molecule has 3 nitrogen and oxygen atoms in total. The first-order valence-corrected chi connectivity index (χ1v) is 7.91. The first-order chi connectivity index (χ1) is 9.76. The molecule has 1 N–H and O–H groups in total. The summed E-state index contributed by atoms with van der Waals surface area (Å²) in [6.45, 7) is 16.1. The predicted octanol–water partition coefficient (Wildman–Crippen LogP) is 3.81. The zero-order valence-corrected chi connectivity index (χ0v) is 14.8. The van der Waals surface area contributed by atoms with Crippen molar-refractivity contribution in [2.45, 2.75) is 66.2 Å². The summed E-state index contributed by atoms with van der Waals surface area (Å²) < 4.78 is 5.52. The zero-order chi connectivity index (χ0) is 16.0. The van der Waals surface area contributed by atoms with Crippen LogP contribution in [0, 0.1) is 0 Å². The van der Waals surface area contributed by atoms with Gasteiger partial charge < -0.3 is 10.1 Å². The van der Waals surface area contributed by atoms with Crippen LogP contribution in [0.15, 0.2) is 18.2 Å². The molecular formula is C18H32N2O. The first-order valence-electron chi connectivity index (χ1n) is 7.91. The van der Waals surface area contributed by atoms with Gasteiger partial charge >= 0.3 is 0 Å².